The number of fused-ring (bicyclic) bond motifs is 1. The van der Waals surface area contributed by atoms with Gasteiger partial charge in [0.25, 0.3) is 5.91 Å². The molecule has 4 aromatic rings. The number of anilines is 2. The Kier molecular flexibility index (Phi) is 5.35. The second-order valence-electron chi connectivity index (χ2n) is 8.35. The van der Waals surface area contributed by atoms with Crippen LogP contribution in [0.1, 0.15) is 41.0 Å². The predicted molar refractivity (Wildman–Crippen MR) is 129 cm³/mol. The molecule has 162 valence electrons. The zero-order chi connectivity index (χ0) is 22.1. The summed E-state index contributed by atoms with van der Waals surface area (Å²) in [5.41, 5.74) is 5.04. The molecule has 0 saturated carbocycles. The first-order valence-electron chi connectivity index (χ1n) is 11.2. The molecule has 1 fully saturated rings. The maximum absolute atomic E-state index is 13.3. The summed E-state index contributed by atoms with van der Waals surface area (Å²) in [6, 6.07) is 16.0. The number of hydrogen-bond acceptors (Lipinski definition) is 4. The lowest BCUT2D eigenvalue weighted by Crippen LogP contribution is -2.29. The van der Waals surface area contributed by atoms with Crippen LogP contribution in [0.3, 0.4) is 0 Å². The number of aromatic nitrogens is 3. The van der Waals surface area contributed by atoms with Gasteiger partial charge in [0.05, 0.1) is 28.3 Å². The first-order chi connectivity index (χ1) is 15.6. The van der Waals surface area contributed by atoms with Gasteiger partial charge in [-0.3, -0.25) is 9.78 Å². The Balaban J connectivity index is 1.49. The summed E-state index contributed by atoms with van der Waals surface area (Å²) in [5.74, 6) is -0.155. The van der Waals surface area contributed by atoms with Crippen LogP contribution in [0.25, 0.3) is 16.5 Å². The number of amides is 1. The topological polar surface area (TPSA) is 63.1 Å². The Bertz CT molecular complexity index is 1270. The molecule has 0 aliphatic carbocycles. The minimum Gasteiger partial charge on any atom is -0.371 e. The molecule has 1 aliphatic heterocycles. The second kappa shape index (κ2) is 8.46. The number of para-hydroxylation sites is 1. The first-order valence-corrected chi connectivity index (χ1v) is 11.2. The van der Waals surface area contributed by atoms with Gasteiger partial charge in [-0.25, -0.2) is 4.68 Å². The number of pyridine rings is 1. The van der Waals surface area contributed by atoms with E-state index in [1.165, 1.54) is 24.9 Å². The maximum Gasteiger partial charge on any atom is 0.259 e. The fourth-order valence-electron chi connectivity index (χ4n) is 4.67. The molecule has 2 aromatic heterocycles. The highest BCUT2D eigenvalue weighted by Gasteiger charge is 2.21. The standard InChI is InChI=1S/C26H27N5O/c1-18-25(19(2)31(29-18)20-9-5-3-6-10-20)26(32)28-23-11-12-24(30-15-7-4-8-16-30)21-13-14-27-17-22(21)23/h3,5-6,9-14,17H,4,7-8,15-16H2,1-2H3,(H,28,32). The fraction of sp³-hybridized carbons (Fsp3) is 0.269. The van der Waals surface area contributed by atoms with Gasteiger partial charge >= 0.3 is 0 Å². The normalized spacial score (nSPS) is 14.0. The molecule has 0 radical (unpaired) electrons. The summed E-state index contributed by atoms with van der Waals surface area (Å²) in [4.78, 5) is 20.1. The molecule has 0 bridgehead atoms. The average Bonchev–Trinajstić information content (AvgIpc) is 3.14. The molecule has 6 heteroatoms. The van der Waals surface area contributed by atoms with Crippen LogP contribution in [-0.4, -0.2) is 33.8 Å². The molecule has 0 unspecified atom stereocenters. The van der Waals surface area contributed by atoms with E-state index < -0.39 is 0 Å². The van der Waals surface area contributed by atoms with E-state index in [1.54, 1.807) is 0 Å². The van der Waals surface area contributed by atoms with Crippen molar-refractivity contribution in [2.75, 3.05) is 23.3 Å². The van der Waals surface area contributed by atoms with Crippen molar-refractivity contribution >= 4 is 28.1 Å². The first kappa shape index (κ1) is 20.2. The molecular formula is C26H27N5O. The van der Waals surface area contributed by atoms with Crippen LogP contribution in [0.2, 0.25) is 0 Å². The summed E-state index contributed by atoms with van der Waals surface area (Å²) in [7, 11) is 0. The van der Waals surface area contributed by atoms with Gasteiger partial charge in [-0.2, -0.15) is 5.10 Å². The van der Waals surface area contributed by atoms with E-state index in [2.05, 4.69) is 26.4 Å². The highest BCUT2D eigenvalue weighted by atomic mass is 16.1. The zero-order valence-corrected chi connectivity index (χ0v) is 18.5. The van der Waals surface area contributed by atoms with E-state index in [0.29, 0.717) is 11.3 Å². The predicted octanol–water partition coefficient (Wildman–Crippen LogP) is 5.28. The number of carbonyl (C=O) groups excluding carboxylic acids is 1. The molecule has 32 heavy (non-hydrogen) atoms. The second-order valence-corrected chi connectivity index (χ2v) is 8.35. The molecule has 1 saturated heterocycles. The molecular weight excluding hydrogens is 398 g/mol. The summed E-state index contributed by atoms with van der Waals surface area (Å²) < 4.78 is 1.82. The SMILES string of the molecule is Cc1nn(-c2ccccc2)c(C)c1C(=O)Nc1ccc(N2CCCCC2)c2ccncc12. The van der Waals surface area contributed by atoms with E-state index in [9.17, 15) is 4.79 Å². The largest absolute Gasteiger partial charge is 0.371 e. The lowest BCUT2D eigenvalue weighted by atomic mass is 10.0. The van der Waals surface area contributed by atoms with Crippen molar-refractivity contribution in [2.24, 2.45) is 0 Å². The molecule has 0 spiro atoms. The molecule has 0 atom stereocenters. The minimum atomic E-state index is -0.155. The van der Waals surface area contributed by atoms with Crippen LogP contribution in [0, 0.1) is 13.8 Å². The van der Waals surface area contributed by atoms with E-state index in [1.807, 2.05) is 73.4 Å². The van der Waals surface area contributed by atoms with Gasteiger partial charge in [0.15, 0.2) is 0 Å². The molecule has 1 aliphatic rings. The molecule has 5 rings (SSSR count). The third-order valence-corrected chi connectivity index (χ3v) is 6.26. The zero-order valence-electron chi connectivity index (χ0n) is 18.5. The van der Waals surface area contributed by atoms with Crippen LogP contribution in [0.15, 0.2) is 60.9 Å². The van der Waals surface area contributed by atoms with Crippen LogP contribution >= 0.6 is 0 Å². The highest BCUT2D eigenvalue weighted by Crippen LogP contribution is 2.33. The van der Waals surface area contributed by atoms with E-state index in [4.69, 9.17) is 0 Å². The Morgan fingerprint density at radius 1 is 0.938 bits per heavy atom. The number of piperidine rings is 1. The number of hydrogen-bond donors (Lipinski definition) is 1. The van der Waals surface area contributed by atoms with Gasteiger partial charge in [0.1, 0.15) is 0 Å². The molecule has 1 N–H and O–H groups in total. The Hall–Kier alpha value is -3.67. The van der Waals surface area contributed by atoms with Gasteiger partial charge in [-0.05, 0) is 63.4 Å². The van der Waals surface area contributed by atoms with Crippen LogP contribution in [0.4, 0.5) is 11.4 Å². The van der Waals surface area contributed by atoms with E-state index in [-0.39, 0.29) is 5.91 Å². The summed E-state index contributed by atoms with van der Waals surface area (Å²) in [6.07, 6.45) is 7.38. The van der Waals surface area contributed by atoms with Gasteiger partial charge in [-0.15, -0.1) is 0 Å². The Morgan fingerprint density at radius 2 is 1.72 bits per heavy atom. The number of aryl methyl sites for hydroxylation is 1. The minimum absolute atomic E-state index is 0.155. The molecule has 6 nitrogen and oxygen atoms in total. The van der Waals surface area contributed by atoms with Crippen molar-refractivity contribution in [1.29, 1.82) is 0 Å². The van der Waals surface area contributed by atoms with Crippen molar-refractivity contribution in [3.63, 3.8) is 0 Å². The van der Waals surface area contributed by atoms with Crippen LogP contribution in [0.5, 0.6) is 0 Å². The number of carbonyl (C=O) groups is 1. The smallest absolute Gasteiger partial charge is 0.259 e. The molecule has 2 aromatic carbocycles. The number of nitrogens with one attached hydrogen (secondary N) is 1. The van der Waals surface area contributed by atoms with E-state index in [0.717, 1.165) is 40.9 Å². The third kappa shape index (κ3) is 3.62. The average molecular weight is 426 g/mol. The highest BCUT2D eigenvalue weighted by molar-refractivity contribution is 6.12. The van der Waals surface area contributed by atoms with Crippen LogP contribution in [-0.2, 0) is 0 Å². The lowest BCUT2D eigenvalue weighted by Gasteiger charge is -2.30. The van der Waals surface area contributed by atoms with Gasteiger partial charge < -0.3 is 10.2 Å². The van der Waals surface area contributed by atoms with Crippen molar-refractivity contribution in [1.82, 2.24) is 14.8 Å². The lowest BCUT2D eigenvalue weighted by molar-refractivity contribution is 0.102. The van der Waals surface area contributed by atoms with Crippen molar-refractivity contribution in [2.45, 2.75) is 33.1 Å². The van der Waals surface area contributed by atoms with E-state index >= 15 is 0 Å². The van der Waals surface area contributed by atoms with Crippen molar-refractivity contribution in [3.8, 4) is 5.69 Å². The van der Waals surface area contributed by atoms with Gasteiger partial charge in [0.2, 0.25) is 0 Å². The Morgan fingerprint density at radius 3 is 2.50 bits per heavy atom. The third-order valence-electron chi connectivity index (χ3n) is 6.26. The van der Waals surface area contributed by atoms with Crippen molar-refractivity contribution < 1.29 is 4.79 Å². The van der Waals surface area contributed by atoms with Crippen LogP contribution < -0.4 is 10.2 Å². The quantitative estimate of drug-likeness (QED) is 0.483. The molecule has 3 heterocycles. The number of benzene rings is 2. The number of rotatable bonds is 4. The Labute approximate surface area is 187 Å². The van der Waals surface area contributed by atoms with Gasteiger partial charge in [0, 0.05) is 41.9 Å². The number of nitrogens with zero attached hydrogens (tertiary/aromatic N) is 4. The summed E-state index contributed by atoms with van der Waals surface area (Å²) in [5, 5.41) is 9.82. The van der Waals surface area contributed by atoms with Gasteiger partial charge in [-0.1, -0.05) is 18.2 Å². The fourth-order valence-corrected chi connectivity index (χ4v) is 4.67. The summed E-state index contributed by atoms with van der Waals surface area (Å²) >= 11 is 0. The maximum atomic E-state index is 13.3. The monoisotopic (exact) mass is 425 g/mol. The summed E-state index contributed by atoms with van der Waals surface area (Å²) in [6.45, 7) is 5.95. The van der Waals surface area contributed by atoms with Crippen molar-refractivity contribution in [3.05, 3.63) is 77.9 Å². The molecule has 1 amide bonds.